The topological polar surface area (TPSA) is 53.0 Å². The first kappa shape index (κ1) is 20.8. The van der Waals surface area contributed by atoms with E-state index in [0.29, 0.717) is 18.2 Å². The van der Waals surface area contributed by atoms with Gasteiger partial charge in [0.25, 0.3) is 0 Å². The maximum Gasteiger partial charge on any atom is 0.328 e. The molecular formula is C22H27ClN2O3. The summed E-state index contributed by atoms with van der Waals surface area (Å²) < 4.78 is 5.32. The lowest BCUT2D eigenvalue weighted by Gasteiger charge is -2.39. The quantitative estimate of drug-likeness (QED) is 0.720. The Balaban J connectivity index is 1.63. The second kappa shape index (κ2) is 10.0. The number of nitrogens with zero attached hydrogens (tertiary/aromatic N) is 2. The number of halogens is 1. The van der Waals surface area contributed by atoms with Crippen LogP contribution >= 0.6 is 11.6 Å². The molecule has 2 atom stereocenters. The molecule has 0 saturated carbocycles. The standard InChI is InChI=1S/C22H27ClN2O3/c1-2-28-22(27)21(18-8-10-19(23)11-9-18)25-14-12-24(13-15-25)16-20(26)17-6-4-3-5-7-17/h3-11,20-21,26H,2,12-16H2,1H3/t20-,21+/m1/s1. The molecule has 28 heavy (non-hydrogen) atoms. The zero-order valence-electron chi connectivity index (χ0n) is 16.1. The third-order valence-electron chi connectivity index (χ3n) is 5.08. The zero-order valence-corrected chi connectivity index (χ0v) is 16.9. The number of β-amino-alcohol motifs (C(OH)–C–C–N with tert-alkyl or cyclic N) is 1. The first-order valence-electron chi connectivity index (χ1n) is 9.70. The molecule has 1 heterocycles. The summed E-state index contributed by atoms with van der Waals surface area (Å²) in [4.78, 5) is 17.0. The van der Waals surface area contributed by atoms with Gasteiger partial charge in [-0.2, -0.15) is 0 Å². The van der Waals surface area contributed by atoms with Crippen LogP contribution in [0, 0.1) is 0 Å². The molecule has 1 saturated heterocycles. The van der Waals surface area contributed by atoms with Crippen molar-refractivity contribution >= 4 is 17.6 Å². The highest BCUT2D eigenvalue weighted by molar-refractivity contribution is 6.30. The highest BCUT2D eigenvalue weighted by atomic mass is 35.5. The van der Waals surface area contributed by atoms with E-state index in [1.165, 1.54) is 0 Å². The van der Waals surface area contributed by atoms with Crippen molar-refractivity contribution in [2.45, 2.75) is 19.1 Å². The van der Waals surface area contributed by atoms with Gasteiger partial charge in [0.2, 0.25) is 0 Å². The molecule has 3 rings (SSSR count). The summed E-state index contributed by atoms with van der Waals surface area (Å²) in [6, 6.07) is 16.6. The second-order valence-electron chi connectivity index (χ2n) is 6.97. The van der Waals surface area contributed by atoms with Crippen LogP contribution in [0.5, 0.6) is 0 Å². The number of piperazine rings is 1. The average Bonchev–Trinajstić information content (AvgIpc) is 2.72. The Morgan fingerprint density at radius 3 is 2.29 bits per heavy atom. The number of hydrogen-bond donors (Lipinski definition) is 1. The van der Waals surface area contributed by atoms with Crippen LogP contribution in [0.15, 0.2) is 54.6 Å². The van der Waals surface area contributed by atoms with Crippen LogP contribution in [0.25, 0.3) is 0 Å². The van der Waals surface area contributed by atoms with Gasteiger partial charge in [0.05, 0.1) is 12.7 Å². The van der Waals surface area contributed by atoms with Gasteiger partial charge in [0.1, 0.15) is 6.04 Å². The fourth-order valence-corrected chi connectivity index (χ4v) is 3.72. The molecule has 2 aromatic carbocycles. The van der Waals surface area contributed by atoms with E-state index >= 15 is 0 Å². The third kappa shape index (κ3) is 5.32. The van der Waals surface area contributed by atoms with Crippen molar-refractivity contribution in [1.82, 2.24) is 9.80 Å². The van der Waals surface area contributed by atoms with Gasteiger partial charge < -0.3 is 9.84 Å². The van der Waals surface area contributed by atoms with Gasteiger partial charge in [0, 0.05) is 37.7 Å². The lowest BCUT2D eigenvalue weighted by atomic mass is 10.0. The van der Waals surface area contributed by atoms with E-state index in [0.717, 1.165) is 37.3 Å². The van der Waals surface area contributed by atoms with Crippen LogP contribution in [0.2, 0.25) is 5.02 Å². The predicted octanol–water partition coefficient (Wildman–Crippen LogP) is 3.30. The van der Waals surface area contributed by atoms with Crippen molar-refractivity contribution in [3.05, 3.63) is 70.7 Å². The Hall–Kier alpha value is -1.92. The summed E-state index contributed by atoms with van der Waals surface area (Å²) in [7, 11) is 0. The van der Waals surface area contributed by atoms with Crippen molar-refractivity contribution in [1.29, 1.82) is 0 Å². The Labute approximate surface area is 171 Å². The van der Waals surface area contributed by atoms with Gasteiger partial charge in [-0.15, -0.1) is 0 Å². The minimum Gasteiger partial charge on any atom is -0.465 e. The summed E-state index contributed by atoms with van der Waals surface area (Å²) in [6.45, 7) is 5.79. The zero-order chi connectivity index (χ0) is 19.9. The minimum atomic E-state index is -0.509. The molecule has 0 bridgehead atoms. The van der Waals surface area contributed by atoms with Gasteiger partial charge >= 0.3 is 5.97 Å². The molecule has 0 amide bonds. The Bertz CT molecular complexity index is 746. The number of rotatable bonds is 7. The molecule has 1 aliphatic heterocycles. The van der Waals surface area contributed by atoms with Crippen molar-refractivity contribution in [2.75, 3.05) is 39.3 Å². The fourth-order valence-electron chi connectivity index (χ4n) is 3.59. The van der Waals surface area contributed by atoms with Gasteiger partial charge in [-0.3, -0.25) is 9.80 Å². The molecule has 150 valence electrons. The molecule has 0 aromatic heterocycles. The summed E-state index contributed by atoms with van der Waals surface area (Å²) in [5.41, 5.74) is 1.82. The van der Waals surface area contributed by atoms with Crippen LogP contribution in [0.3, 0.4) is 0 Å². The first-order valence-corrected chi connectivity index (χ1v) is 10.1. The maximum atomic E-state index is 12.6. The van der Waals surface area contributed by atoms with Crippen LogP contribution in [-0.4, -0.2) is 60.2 Å². The van der Waals surface area contributed by atoms with Crippen molar-refractivity contribution < 1.29 is 14.6 Å². The normalized spacial score (nSPS) is 17.8. The van der Waals surface area contributed by atoms with Crippen molar-refractivity contribution in [3.63, 3.8) is 0 Å². The highest BCUT2D eigenvalue weighted by Gasteiger charge is 2.32. The van der Waals surface area contributed by atoms with E-state index in [-0.39, 0.29) is 5.97 Å². The number of aliphatic hydroxyl groups is 1. The number of aliphatic hydroxyl groups excluding tert-OH is 1. The largest absolute Gasteiger partial charge is 0.465 e. The summed E-state index contributed by atoms with van der Waals surface area (Å²) >= 11 is 6.00. The second-order valence-corrected chi connectivity index (χ2v) is 7.41. The molecule has 1 N–H and O–H groups in total. The number of carbonyl (C=O) groups excluding carboxylic acids is 1. The summed E-state index contributed by atoms with van der Waals surface area (Å²) in [5, 5.41) is 11.1. The van der Waals surface area contributed by atoms with E-state index in [1.54, 1.807) is 12.1 Å². The molecule has 1 aliphatic rings. The first-order chi connectivity index (χ1) is 13.6. The number of benzene rings is 2. The van der Waals surface area contributed by atoms with Gasteiger partial charge in [-0.05, 0) is 30.2 Å². The third-order valence-corrected chi connectivity index (χ3v) is 5.34. The number of esters is 1. The van der Waals surface area contributed by atoms with Crippen molar-refractivity contribution in [3.8, 4) is 0 Å². The molecule has 0 aliphatic carbocycles. The number of ether oxygens (including phenoxy) is 1. The molecule has 0 spiro atoms. The minimum absolute atomic E-state index is 0.234. The number of hydrogen-bond acceptors (Lipinski definition) is 5. The van der Waals surface area contributed by atoms with Crippen LogP contribution in [-0.2, 0) is 9.53 Å². The molecule has 0 unspecified atom stereocenters. The predicted molar refractivity (Wildman–Crippen MR) is 110 cm³/mol. The smallest absolute Gasteiger partial charge is 0.328 e. The average molecular weight is 403 g/mol. The monoisotopic (exact) mass is 402 g/mol. The van der Waals surface area contributed by atoms with Crippen molar-refractivity contribution in [2.24, 2.45) is 0 Å². The van der Waals surface area contributed by atoms with E-state index in [2.05, 4.69) is 9.80 Å². The van der Waals surface area contributed by atoms with E-state index < -0.39 is 12.1 Å². The van der Waals surface area contributed by atoms with Crippen LogP contribution in [0.4, 0.5) is 0 Å². The Kier molecular flexibility index (Phi) is 7.45. The summed E-state index contributed by atoms with van der Waals surface area (Å²) in [6.07, 6.45) is -0.509. The number of carbonyl (C=O) groups is 1. The lowest BCUT2D eigenvalue weighted by molar-refractivity contribution is -0.150. The maximum absolute atomic E-state index is 12.6. The Morgan fingerprint density at radius 2 is 1.68 bits per heavy atom. The van der Waals surface area contributed by atoms with E-state index in [1.807, 2.05) is 49.4 Å². The van der Waals surface area contributed by atoms with Crippen LogP contribution < -0.4 is 0 Å². The van der Waals surface area contributed by atoms with E-state index in [4.69, 9.17) is 16.3 Å². The molecule has 6 heteroatoms. The molecule has 2 aromatic rings. The highest BCUT2D eigenvalue weighted by Crippen LogP contribution is 2.26. The summed E-state index contributed by atoms with van der Waals surface area (Å²) in [5.74, 6) is -0.234. The fraction of sp³-hybridized carbons (Fsp3) is 0.409. The van der Waals surface area contributed by atoms with Gasteiger partial charge in [-0.25, -0.2) is 4.79 Å². The molecule has 0 radical (unpaired) electrons. The van der Waals surface area contributed by atoms with Crippen LogP contribution in [0.1, 0.15) is 30.2 Å². The molecule has 5 nitrogen and oxygen atoms in total. The van der Waals surface area contributed by atoms with Gasteiger partial charge in [0.15, 0.2) is 0 Å². The molecular weight excluding hydrogens is 376 g/mol. The Morgan fingerprint density at radius 1 is 1.04 bits per heavy atom. The molecule has 1 fully saturated rings. The van der Waals surface area contributed by atoms with Gasteiger partial charge in [-0.1, -0.05) is 54.1 Å². The van der Waals surface area contributed by atoms with E-state index in [9.17, 15) is 9.90 Å². The SMILES string of the molecule is CCOC(=O)[C@H](c1ccc(Cl)cc1)N1CCN(C[C@@H](O)c2ccccc2)CC1. The lowest BCUT2D eigenvalue weighted by Crippen LogP contribution is -2.50.